The van der Waals surface area contributed by atoms with Gasteiger partial charge in [0.2, 0.25) is 10.0 Å². The van der Waals surface area contributed by atoms with E-state index < -0.39 is 10.0 Å². The molecule has 1 aliphatic rings. The Balaban J connectivity index is 2.24. The van der Waals surface area contributed by atoms with Crippen molar-refractivity contribution in [2.24, 2.45) is 11.7 Å². The predicted octanol–water partition coefficient (Wildman–Crippen LogP) is -0.0667. The Morgan fingerprint density at radius 1 is 1.53 bits per heavy atom. The Morgan fingerprint density at radius 2 is 2.32 bits per heavy atom. The second-order valence-corrected chi connectivity index (χ2v) is 6.59. The number of nitrogens with zero attached hydrogens (tertiary/aromatic N) is 2. The van der Waals surface area contributed by atoms with Gasteiger partial charge < -0.3 is 10.8 Å². The third-order valence-electron chi connectivity index (χ3n) is 3.45. The maximum absolute atomic E-state index is 12.5. The summed E-state index contributed by atoms with van der Waals surface area (Å²) in [6, 6.07) is 3.15. The van der Waals surface area contributed by atoms with Crippen LogP contribution in [-0.4, -0.2) is 42.5 Å². The molecular weight excluding hydrogens is 266 g/mol. The van der Waals surface area contributed by atoms with Crippen LogP contribution in [0.4, 0.5) is 0 Å². The van der Waals surface area contributed by atoms with Crippen molar-refractivity contribution >= 4 is 10.0 Å². The minimum atomic E-state index is -3.52. The molecule has 3 N–H and O–H groups in total. The van der Waals surface area contributed by atoms with Crippen LogP contribution in [0.3, 0.4) is 0 Å². The van der Waals surface area contributed by atoms with Crippen molar-refractivity contribution < 1.29 is 13.5 Å². The zero-order valence-electron chi connectivity index (χ0n) is 10.7. The minimum Gasteiger partial charge on any atom is -0.396 e. The molecule has 0 aromatic carbocycles. The molecule has 2 heterocycles. The number of sulfonamides is 1. The van der Waals surface area contributed by atoms with E-state index in [9.17, 15) is 8.42 Å². The number of hydrogen-bond donors (Lipinski definition) is 2. The molecule has 0 radical (unpaired) electrons. The van der Waals surface area contributed by atoms with Gasteiger partial charge in [0.05, 0.1) is 5.69 Å². The van der Waals surface area contributed by atoms with Crippen LogP contribution in [0.1, 0.15) is 18.5 Å². The molecule has 2 rings (SSSR count). The first-order valence-electron chi connectivity index (χ1n) is 6.34. The van der Waals surface area contributed by atoms with Crippen LogP contribution in [0, 0.1) is 5.92 Å². The zero-order chi connectivity index (χ0) is 13.9. The second-order valence-electron chi connectivity index (χ2n) is 4.68. The summed E-state index contributed by atoms with van der Waals surface area (Å²) < 4.78 is 26.5. The quantitative estimate of drug-likeness (QED) is 0.789. The Bertz CT molecular complexity index is 533. The number of aromatic nitrogens is 1. The van der Waals surface area contributed by atoms with Crippen LogP contribution in [-0.2, 0) is 16.6 Å². The van der Waals surface area contributed by atoms with Gasteiger partial charge in [-0.3, -0.25) is 4.98 Å². The van der Waals surface area contributed by atoms with Crippen LogP contribution < -0.4 is 5.73 Å². The fourth-order valence-corrected chi connectivity index (χ4v) is 4.10. The predicted molar refractivity (Wildman–Crippen MR) is 70.7 cm³/mol. The molecule has 1 unspecified atom stereocenters. The molecular formula is C12H19N3O3S. The lowest BCUT2D eigenvalue weighted by atomic mass is 10.1. The van der Waals surface area contributed by atoms with Gasteiger partial charge in [-0.1, -0.05) is 0 Å². The molecule has 19 heavy (non-hydrogen) atoms. The van der Waals surface area contributed by atoms with E-state index in [1.54, 1.807) is 18.3 Å². The molecule has 1 fully saturated rings. The largest absolute Gasteiger partial charge is 0.396 e. The molecule has 1 atom stereocenters. The molecule has 6 nitrogen and oxygen atoms in total. The van der Waals surface area contributed by atoms with E-state index in [-0.39, 0.29) is 24.0 Å². The fraction of sp³-hybridized carbons (Fsp3) is 0.583. The Kier molecular flexibility index (Phi) is 4.51. The van der Waals surface area contributed by atoms with Crippen LogP contribution in [0.15, 0.2) is 23.2 Å². The Morgan fingerprint density at radius 3 is 3.00 bits per heavy atom. The second kappa shape index (κ2) is 5.96. The van der Waals surface area contributed by atoms with Gasteiger partial charge >= 0.3 is 0 Å². The highest BCUT2D eigenvalue weighted by atomic mass is 32.2. The highest BCUT2D eigenvalue weighted by Gasteiger charge is 2.33. The molecule has 0 saturated carbocycles. The zero-order valence-corrected chi connectivity index (χ0v) is 11.5. The number of pyridine rings is 1. The lowest BCUT2D eigenvalue weighted by Gasteiger charge is -2.18. The topological polar surface area (TPSA) is 96.5 Å². The molecule has 1 aromatic rings. The monoisotopic (exact) mass is 285 g/mol. The first-order chi connectivity index (χ1) is 9.09. The van der Waals surface area contributed by atoms with Crippen LogP contribution in [0.2, 0.25) is 0 Å². The smallest absolute Gasteiger partial charge is 0.244 e. The van der Waals surface area contributed by atoms with E-state index in [0.29, 0.717) is 25.2 Å². The van der Waals surface area contributed by atoms with Crippen molar-refractivity contribution in [3.05, 3.63) is 24.0 Å². The van der Waals surface area contributed by atoms with Gasteiger partial charge in [0.25, 0.3) is 0 Å². The number of hydrogen-bond acceptors (Lipinski definition) is 5. The molecule has 1 aromatic heterocycles. The average Bonchev–Trinajstić information content (AvgIpc) is 2.88. The lowest BCUT2D eigenvalue weighted by molar-refractivity contribution is 0.259. The van der Waals surface area contributed by atoms with Crippen molar-refractivity contribution in [2.45, 2.75) is 24.3 Å². The van der Waals surface area contributed by atoms with Gasteiger partial charge in [0.1, 0.15) is 4.90 Å². The third kappa shape index (κ3) is 2.94. The van der Waals surface area contributed by atoms with Gasteiger partial charge in [-0.25, -0.2) is 8.42 Å². The maximum atomic E-state index is 12.5. The van der Waals surface area contributed by atoms with E-state index in [0.717, 1.165) is 6.42 Å². The van der Waals surface area contributed by atoms with E-state index in [1.165, 1.54) is 4.31 Å². The highest BCUT2D eigenvalue weighted by Crippen LogP contribution is 2.26. The maximum Gasteiger partial charge on any atom is 0.244 e. The van der Waals surface area contributed by atoms with Crippen LogP contribution >= 0.6 is 0 Å². The normalized spacial score (nSPS) is 20.8. The average molecular weight is 285 g/mol. The number of aliphatic hydroxyl groups is 1. The summed E-state index contributed by atoms with van der Waals surface area (Å²) in [7, 11) is -3.52. The molecule has 0 aliphatic carbocycles. The van der Waals surface area contributed by atoms with E-state index in [4.69, 9.17) is 10.8 Å². The first-order valence-corrected chi connectivity index (χ1v) is 7.78. The van der Waals surface area contributed by atoms with Crippen molar-refractivity contribution in [1.82, 2.24) is 9.29 Å². The molecule has 7 heteroatoms. The van der Waals surface area contributed by atoms with Crippen molar-refractivity contribution in [1.29, 1.82) is 0 Å². The molecule has 0 amide bonds. The molecule has 0 spiro atoms. The first kappa shape index (κ1) is 14.4. The SMILES string of the molecule is NCc1ncccc1S(=O)(=O)N1CCC(CCO)C1. The molecule has 106 valence electrons. The third-order valence-corrected chi connectivity index (χ3v) is 5.38. The number of rotatable bonds is 5. The number of nitrogens with two attached hydrogens (primary N) is 1. The van der Waals surface area contributed by atoms with Gasteiger partial charge in [-0.2, -0.15) is 4.31 Å². The lowest BCUT2D eigenvalue weighted by Crippen LogP contribution is -2.30. The highest BCUT2D eigenvalue weighted by molar-refractivity contribution is 7.89. The van der Waals surface area contributed by atoms with Crippen LogP contribution in [0.25, 0.3) is 0 Å². The van der Waals surface area contributed by atoms with Gasteiger partial charge in [-0.15, -0.1) is 0 Å². The fourth-order valence-electron chi connectivity index (χ4n) is 2.38. The molecule has 1 aliphatic heterocycles. The standard InChI is InChI=1S/C12H19N3O3S/c13-8-11-12(2-1-5-14-11)19(17,18)15-6-3-10(9-15)4-7-16/h1-2,5,10,16H,3-4,6-9,13H2. The Hall–Kier alpha value is -1.02. The van der Waals surface area contributed by atoms with Gasteiger partial charge in [0.15, 0.2) is 0 Å². The Labute approximate surface area is 113 Å². The summed E-state index contributed by atoms with van der Waals surface area (Å²) in [5, 5.41) is 8.92. The molecule has 0 bridgehead atoms. The summed E-state index contributed by atoms with van der Waals surface area (Å²) in [6.45, 7) is 1.15. The summed E-state index contributed by atoms with van der Waals surface area (Å²) in [5.41, 5.74) is 5.94. The van der Waals surface area contributed by atoms with Crippen molar-refractivity contribution in [3.63, 3.8) is 0 Å². The molecule has 1 saturated heterocycles. The number of aliphatic hydroxyl groups excluding tert-OH is 1. The van der Waals surface area contributed by atoms with Crippen molar-refractivity contribution in [3.8, 4) is 0 Å². The summed E-state index contributed by atoms with van der Waals surface area (Å²) in [5.74, 6) is 0.234. The summed E-state index contributed by atoms with van der Waals surface area (Å²) in [4.78, 5) is 4.22. The van der Waals surface area contributed by atoms with E-state index in [1.807, 2.05) is 0 Å². The summed E-state index contributed by atoms with van der Waals surface area (Å²) >= 11 is 0. The van der Waals surface area contributed by atoms with E-state index in [2.05, 4.69) is 4.98 Å². The van der Waals surface area contributed by atoms with Crippen LogP contribution in [0.5, 0.6) is 0 Å². The van der Waals surface area contributed by atoms with Crippen molar-refractivity contribution in [2.75, 3.05) is 19.7 Å². The minimum absolute atomic E-state index is 0.0967. The summed E-state index contributed by atoms with van der Waals surface area (Å²) in [6.07, 6.45) is 2.97. The van der Waals surface area contributed by atoms with E-state index >= 15 is 0 Å². The van der Waals surface area contributed by atoms with Gasteiger partial charge in [0, 0.05) is 32.4 Å². The van der Waals surface area contributed by atoms with Gasteiger partial charge in [-0.05, 0) is 30.9 Å².